The molecule has 1 saturated heterocycles. The van der Waals surface area contributed by atoms with Crippen LogP contribution in [0.1, 0.15) is 45.4 Å². The van der Waals surface area contributed by atoms with Gasteiger partial charge in [0.05, 0.1) is 0 Å². The fraction of sp³-hybridized carbons (Fsp3) is 0.929. The van der Waals surface area contributed by atoms with E-state index in [1.807, 2.05) is 4.90 Å². The highest BCUT2D eigenvalue weighted by molar-refractivity contribution is 5.73. The molecule has 0 aromatic rings. The van der Waals surface area contributed by atoms with Crippen molar-refractivity contribution < 1.29 is 4.79 Å². The summed E-state index contributed by atoms with van der Waals surface area (Å²) >= 11 is 0. The normalized spacial score (nSPS) is 30.4. The van der Waals surface area contributed by atoms with Gasteiger partial charge in [0, 0.05) is 32.1 Å². The van der Waals surface area contributed by atoms with Crippen LogP contribution in [0.25, 0.3) is 0 Å². The molecule has 18 heavy (non-hydrogen) atoms. The predicted octanol–water partition coefficient (Wildman–Crippen LogP) is 1.10. The summed E-state index contributed by atoms with van der Waals surface area (Å²) in [6, 6.07) is 1.19. The second-order valence-corrected chi connectivity index (χ2v) is 5.83. The Balaban J connectivity index is 1.78. The summed E-state index contributed by atoms with van der Waals surface area (Å²) in [7, 11) is 0. The van der Waals surface area contributed by atoms with Gasteiger partial charge in [0.15, 0.2) is 0 Å². The molecule has 2 unspecified atom stereocenters. The van der Waals surface area contributed by atoms with Gasteiger partial charge in [0.25, 0.3) is 0 Å². The van der Waals surface area contributed by atoms with E-state index in [9.17, 15) is 4.79 Å². The molecule has 4 nitrogen and oxygen atoms in total. The second kappa shape index (κ2) is 6.53. The lowest BCUT2D eigenvalue weighted by Gasteiger charge is -2.38. The number of nitrogens with zero attached hydrogens (tertiary/aromatic N) is 1. The zero-order valence-corrected chi connectivity index (χ0v) is 11.5. The highest BCUT2D eigenvalue weighted by atomic mass is 16.2. The Morgan fingerprint density at radius 3 is 2.50 bits per heavy atom. The van der Waals surface area contributed by atoms with Crippen molar-refractivity contribution in [3.05, 3.63) is 0 Å². The van der Waals surface area contributed by atoms with Crippen LogP contribution in [0.5, 0.6) is 0 Å². The lowest BCUT2D eigenvalue weighted by atomic mass is 9.83. The maximum Gasteiger partial charge on any atom is 0.219 e. The molecule has 2 atom stereocenters. The number of piperidine rings is 1. The van der Waals surface area contributed by atoms with Crippen LogP contribution in [0.2, 0.25) is 0 Å². The fourth-order valence-corrected chi connectivity index (χ4v) is 3.37. The largest absolute Gasteiger partial charge is 0.343 e. The average molecular weight is 253 g/mol. The Labute approximate surface area is 110 Å². The van der Waals surface area contributed by atoms with Crippen molar-refractivity contribution in [1.29, 1.82) is 0 Å². The van der Waals surface area contributed by atoms with Crippen LogP contribution in [-0.2, 0) is 4.79 Å². The highest BCUT2D eigenvalue weighted by Crippen LogP contribution is 2.25. The molecular weight excluding hydrogens is 226 g/mol. The number of carbonyl (C=O) groups is 1. The molecule has 2 fully saturated rings. The Kier molecular flexibility index (Phi) is 5.01. The van der Waals surface area contributed by atoms with Crippen LogP contribution in [0.15, 0.2) is 0 Å². The molecule has 0 aromatic carbocycles. The van der Waals surface area contributed by atoms with Crippen LogP contribution >= 0.6 is 0 Å². The van der Waals surface area contributed by atoms with E-state index < -0.39 is 0 Å². The van der Waals surface area contributed by atoms with Gasteiger partial charge in [0.2, 0.25) is 5.91 Å². The first-order chi connectivity index (χ1) is 8.70. The summed E-state index contributed by atoms with van der Waals surface area (Å²) in [5.74, 6) is 0.871. The zero-order chi connectivity index (χ0) is 13.0. The van der Waals surface area contributed by atoms with Gasteiger partial charge in [-0.2, -0.15) is 0 Å². The van der Waals surface area contributed by atoms with Crippen LogP contribution in [0, 0.1) is 5.92 Å². The van der Waals surface area contributed by atoms with Crippen molar-refractivity contribution in [1.82, 2.24) is 10.2 Å². The Morgan fingerprint density at radius 1 is 1.22 bits per heavy atom. The van der Waals surface area contributed by atoms with E-state index >= 15 is 0 Å². The molecule has 104 valence electrons. The monoisotopic (exact) mass is 253 g/mol. The Morgan fingerprint density at radius 2 is 1.89 bits per heavy atom. The average Bonchev–Trinajstić information content (AvgIpc) is 2.40. The van der Waals surface area contributed by atoms with E-state index in [-0.39, 0.29) is 5.91 Å². The topological polar surface area (TPSA) is 58.4 Å². The number of rotatable bonds is 3. The van der Waals surface area contributed by atoms with Gasteiger partial charge in [-0.3, -0.25) is 4.79 Å². The van der Waals surface area contributed by atoms with Gasteiger partial charge < -0.3 is 16.0 Å². The van der Waals surface area contributed by atoms with E-state index in [4.69, 9.17) is 5.73 Å². The highest BCUT2D eigenvalue weighted by Gasteiger charge is 2.28. The molecule has 4 heteroatoms. The van der Waals surface area contributed by atoms with E-state index in [2.05, 4.69) is 5.32 Å². The molecule has 1 saturated carbocycles. The van der Waals surface area contributed by atoms with E-state index in [0.717, 1.165) is 32.5 Å². The standard InChI is InChI=1S/C14H27N3O/c1-11(18)17-8-6-13(7-9-17)16-14-5-3-2-4-12(14)10-15/h12-14,16H,2-10,15H2,1H3. The molecule has 3 N–H and O–H groups in total. The fourth-order valence-electron chi connectivity index (χ4n) is 3.37. The number of likely N-dealkylation sites (tertiary alicyclic amines) is 1. The second-order valence-electron chi connectivity index (χ2n) is 5.83. The molecule has 1 aliphatic carbocycles. The molecular formula is C14H27N3O. The van der Waals surface area contributed by atoms with E-state index in [1.165, 1.54) is 25.7 Å². The van der Waals surface area contributed by atoms with Crippen LogP contribution in [0.4, 0.5) is 0 Å². The first kappa shape index (κ1) is 13.8. The van der Waals surface area contributed by atoms with Crippen molar-refractivity contribution >= 4 is 5.91 Å². The third-order valence-corrected chi connectivity index (χ3v) is 4.60. The van der Waals surface area contributed by atoms with Crippen molar-refractivity contribution in [2.75, 3.05) is 19.6 Å². The third-order valence-electron chi connectivity index (χ3n) is 4.60. The number of amides is 1. The number of hydrogen-bond donors (Lipinski definition) is 2. The maximum absolute atomic E-state index is 11.3. The van der Waals surface area contributed by atoms with Crippen LogP contribution in [-0.4, -0.2) is 42.5 Å². The summed E-state index contributed by atoms with van der Waals surface area (Å²) in [4.78, 5) is 13.2. The first-order valence-electron chi connectivity index (χ1n) is 7.42. The summed E-state index contributed by atoms with van der Waals surface area (Å²) in [6.45, 7) is 4.29. The predicted molar refractivity (Wildman–Crippen MR) is 73.2 cm³/mol. The molecule has 0 radical (unpaired) electrons. The number of nitrogens with two attached hydrogens (primary N) is 1. The minimum atomic E-state index is 0.214. The minimum Gasteiger partial charge on any atom is -0.343 e. The van der Waals surface area contributed by atoms with Crippen molar-refractivity contribution in [2.24, 2.45) is 11.7 Å². The smallest absolute Gasteiger partial charge is 0.219 e. The summed E-state index contributed by atoms with van der Waals surface area (Å²) in [5, 5.41) is 3.80. The summed E-state index contributed by atoms with van der Waals surface area (Å²) in [5.41, 5.74) is 5.87. The molecule has 1 heterocycles. The number of hydrogen-bond acceptors (Lipinski definition) is 3. The zero-order valence-electron chi connectivity index (χ0n) is 11.5. The molecule has 0 bridgehead atoms. The Bertz CT molecular complexity index is 274. The number of carbonyl (C=O) groups excluding carboxylic acids is 1. The van der Waals surface area contributed by atoms with Gasteiger partial charge in [-0.25, -0.2) is 0 Å². The minimum absolute atomic E-state index is 0.214. The molecule has 1 aliphatic heterocycles. The lowest BCUT2D eigenvalue weighted by molar-refractivity contribution is -0.129. The van der Waals surface area contributed by atoms with E-state index in [1.54, 1.807) is 6.92 Å². The first-order valence-corrected chi connectivity index (χ1v) is 7.42. The van der Waals surface area contributed by atoms with Crippen LogP contribution in [0.3, 0.4) is 0 Å². The van der Waals surface area contributed by atoms with Gasteiger partial charge >= 0.3 is 0 Å². The third kappa shape index (κ3) is 3.45. The van der Waals surface area contributed by atoms with Gasteiger partial charge in [-0.15, -0.1) is 0 Å². The van der Waals surface area contributed by atoms with Crippen molar-refractivity contribution in [3.63, 3.8) is 0 Å². The number of nitrogens with one attached hydrogen (secondary N) is 1. The van der Waals surface area contributed by atoms with Crippen LogP contribution < -0.4 is 11.1 Å². The molecule has 0 spiro atoms. The molecule has 0 aromatic heterocycles. The van der Waals surface area contributed by atoms with Gasteiger partial charge in [0.1, 0.15) is 0 Å². The lowest BCUT2D eigenvalue weighted by Crippen LogP contribution is -2.51. The van der Waals surface area contributed by atoms with Crippen molar-refractivity contribution in [3.8, 4) is 0 Å². The molecule has 1 amide bonds. The van der Waals surface area contributed by atoms with Gasteiger partial charge in [-0.1, -0.05) is 12.8 Å². The van der Waals surface area contributed by atoms with E-state index in [0.29, 0.717) is 18.0 Å². The SMILES string of the molecule is CC(=O)N1CCC(NC2CCCCC2CN)CC1. The van der Waals surface area contributed by atoms with Gasteiger partial charge in [-0.05, 0) is 38.1 Å². The molecule has 2 rings (SSSR count). The summed E-state index contributed by atoms with van der Waals surface area (Å²) < 4.78 is 0. The molecule has 2 aliphatic rings. The maximum atomic E-state index is 11.3. The Hall–Kier alpha value is -0.610. The quantitative estimate of drug-likeness (QED) is 0.792. The van der Waals surface area contributed by atoms with Crippen molar-refractivity contribution in [2.45, 2.75) is 57.5 Å². The summed E-state index contributed by atoms with van der Waals surface area (Å²) in [6.07, 6.45) is 7.40.